The molecule has 2 aromatic carbocycles. The molecule has 0 spiro atoms. The van der Waals surface area contributed by atoms with Crippen LogP contribution in [0.1, 0.15) is 21.5 Å². The van der Waals surface area contributed by atoms with Crippen LogP contribution in [0.5, 0.6) is 0 Å². The van der Waals surface area contributed by atoms with E-state index in [2.05, 4.69) is 5.32 Å². The smallest absolute Gasteiger partial charge is 0.349 e. The predicted octanol–water partition coefficient (Wildman–Crippen LogP) is 3.21. The van der Waals surface area contributed by atoms with Gasteiger partial charge in [0.15, 0.2) is 0 Å². The van der Waals surface area contributed by atoms with Crippen LogP contribution in [0.2, 0.25) is 0 Å². The summed E-state index contributed by atoms with van der Waals surface area (Å²) in [4.78, 5) is 24.1. The summed E-state index contributed by atoms with van der Waals surface area (Å²) in [6.07, 6.45) is 0.547. The third-order valence-corrected chi connectivity index (χ3v) is 3.81. The second kappa shape index (κ2) is 6.66. The van der Waals surface area contributed by atoms with Gasteiger partial charge in [0.1, 0.15) is 17.0 Å². The Morgan fingerprint density at radius 2 is 1.96 bits per heavy atom. The zero-order valence-electron chi connectivity index (χ0n) is 13.1. The Labute approximate surface area is 137 Å². The van der Waals surface area contributed by atoms with Crippen LogP contribution in [0.15, 0.2) is 57.7 Å². The molecular weight excluding hydrogens is 309 g/mol. The van der Waals surface area contributed by atoms with Gasteiger partial charge in [0.25, 0.3) is 5.91 Å². The van der Waals surface area contributed by atoms with Crippen molar-refractivity contribution in [2.24, 2.45) is 0 Å². The topological polar surface area (TPSA) is 59.3 Å². The number of nitrogens with one attached hydrogen (secondary N) is 1. The molecule has 0 bridgehead atoms. The molecule has 0 radical (unpaired) electrons. The van der Waals surface area contributed by atoms with Crippen molar-refractivity contribution in [2.45, 2.75) is 13.3 Å². The Hall–Kier alpha value is -2.95. The summed E-state index contributed by atoms with van der Waals surface area (Å²) in [7, 11) is 0. The molecule has 0 aliphatic carbocycles. The molecule has 0 fully saturated rings. The van der Waals surface area contributed by atoms with Crippen molar-refractivity contribution in [1.82, 2.24) is 5.32 Å². The fraction of sp³-hybridized carbons (Fsp3) is 0.158. The van der Waals surface area contributed by atoms with Gasteiger partial charge in [-0.3, -0.25) is 4.79 Å². The highest BCUT2D eigenvalue weighted by Crippen LogP contribution is 2.13. The Balaban J connectivity index is 1.70. The fourth-order valence-corrected chi connectivity index (χ4v) is 2.50. The van der Waals surface area contributed by atoms with Crippen LogP contribution in [0.4, 0.5) is 4.39 Å². The van der Waals surface area contributed by atoms with Gasteiger partial charge >= 0.3 is 5.63 Å². The highest BCUT2D eigenvalue weighted by atomic mass is 19.1. The van der Waals surface area contributed by atoms with Crippen LogP contribution >= 0.6 is 0 Å². The summed E-state index contributed by atoms with van der Waals surface area (Å²) in [5.41, 5.74) is 1.24. The Kier molecular flexibility index (Phi) is 4.42. The van der Waals surface area contributed by atoms with Crippen LogP contribution in [-0.4, -0.2) is 12.5 Å². The van der Waals surface area contributed by atoms with Crippen LogP contribution in [0.25, 0.3) is 11.0 Å². The minimum atomic E-state index is -0.663. The molecule has 3 rings (SSSR count). The Bertz CT molecular complexity index is 962. The van der Waals surface area contributed by atoms with Gasteiger partial charge in [-0.15, -0.1) is 0 Å². The quantitative estimate of drug-likeness (QED) is 0.749. The van der Waals surface area contributed by atoms with Crippen molar-refractivity contribution in [3.8, 4) is 0 Å². The van der Waals surface area contributed by atoms with E-state index in [1.807, 2.05) is 0 Å². The number of aryl methyl sites for hydroxylation is 1. The third-order valence-electron chi connectivity index (χ3n) is 3.81. The monoisotopic (exact) mass is 325 g/mol. The molecular formula is C19H16FNO3. The van der Waals surface area contributed by atoms with Crippen molar-refractivity contribution in [3.63, 3.8) is 0 Å². The lowest BCUT2D eigenvalue weighted by atomic mass is 10.1. The molecule has 1 aromatic heterocycles. The molecule has 0 atom stereocenters. The van der Waals surface area contributed by atoms with E-state index >= 15 is 0 Å². The first kappa shape index (κ1) is 15.9. The standard InChI is InChI=1S/C19H16FNO3/c1-12-10-13(6-7-16(12)20)8-9-21-18(22)15-11-14-4-2-3-5-17(14)24-19(15)23/h2-7,10-11H,8-9H2,1H3,(H,21,22). The number of hydrogen-bond donors (Lipinski definition) is 1. The molecule has 3 aromatic rings. The summed E-state index contributed by atoms with van der Waals surface area (Å²) >= 11 is 0. The van der Waals surface area contributed by atoms with Gasteiger partial charge < -0.3 is 9.73 Å². The van der Waals surface area contributed by atoms with E-state index in [1.54, 1.807) is 43.3 Å². The van der Waals surface area contributed by atoms with Crippen molar-refractivity contribution in [1.29, 1.82) is 0 Å². The summed E-state index contributed by atoms with van der Waals surface area (Å²) in [6, 6.07) is 13.4. The maximum atomic E-state index is 13.2. The van der Waals surface area contributed by atoms with E-state index in [0.717, 1.165) is 5.56 Å². The molecule has 0 saturated heterocycles. The zero-order chi connectivity index (χ0) is 17.1. The van der Waals surface area contributed by atoms with E-state index < -0.39 is 11.5 Å². The molecule has 1 amide bonds. The maximum Gasteiger partial charge on any atom is 0.349 e. The highest BCUT2D eigenvalue weighted by molar-refractivity contribution is 5.96. The maximum absolute atomic E-state index is 13.2. The van der Waals surface area contributed by atoms with E-state index in [9.17, 15) is 14.0 Å². The summed E-state index contributed by atoms with van der Waals surface area (Å²) in [6.45, 7) is 2.04. The second-order valence-electron chi connectivity index (χ2n) is 5.57. The number of para-hydroxylation sites is 1. The van der Waals surface area contributed by atoms with Crippen molar-refractivity contribution >= 4 is 16.9 Å². The lowest BCUT2D eigenvalue weighted by Gasteiger charge is -2.06. The molecule has 0 aliphatic rings. The minimum Gasteiger partial charge on any atom is -0.422 e. The second-order valence-corrected chi connectivity index (χ2v) is 5.57. The highest BCUT2D eigenvalue weighted by Gasteiger charge is 2.13. The summed E-state index contributed by atoms with van der Waals surface area (Å²) < 4.78 is 18.4. The number of fused-ring (bicyclic) bond motifs is 1. The summed E-state index contributed by atoms with van der Waals surface area (Å²) in [5, 5.41) is 3.39. The average Bonchev–Trinajstić information content (AvgIpc) is 2.57. The molecule has 0 saturated carbocycles. The Morgan fingerprint density at radius 1 is 1.17 bits per heavy atom. The average molecular weight is 325 g/mol. The number of amides is 1. The zero-order valence-corrected chi connectivity index (χ0v) is 13.1. The van der Waals surface area contributed by atoms with Gasteiger partial charge in [0, 0.05) is 11.9 Å². The van der Waals surface area contributed by atoms with E-state index in [0.29, 0.717) is 29.5 Å². The number of hydrogen-bond acceptors (Lipinski definition) is 3. The number of rotatable bonds is 4. The fourth-order valence-electron chi connectivity index (χ4n) is 2.50. The minimum absolute atomic E-state index is 0.0241. The largest absolute Gasteiger partial charge is 0.422 e. The predicted molar refractivity (Wildman–Crippen MR) is 89.7 cm³/mol. The lowest BCUT2D eigenvalue weighted by Crippen LogP contribution is -2.29. The van der Waals surface area contributed by atoms with Gasteiger partial charge in [-0.25, -0.2) is 9.18 Å². The first-order chi connectivity index (χ1) is 11.5. The van der Waals surface area contributed by atoms with Crippen molar-refractivity contribution in [2.75, 3.05) is 6.54 Å². The molecule has 0 unspecified atom stereocenters. The van der Waals surface area contributed by atoms with Gasteiger partial charge in [0.2, 0.25) is 0 Å². The van der Waals surface area contributed by atoms with Crippen LogP contribution in [-0.2, 0) is 6.42 Å². The van der Waals surface area contributed by atoms with E-state index in [1.165, 1.54) is 12.1 Å². The molecule has 0 aliphatic heterocycles. The molecule has 5 heteroatoms. The molecule has 122 valence electrons. The first-order valence-corrected chi connectivity index (χ1v) is 7.61. The number of carbonyl (C=O) groups is 1. The molecule has 1 N–H and O–H groups in total. The summed E-state index contributed by atoms with van der Waals surface area (Å²) in [5.74, 6) is -0.732. The van der Waals surface area contributed by atoms with Crippen molar-refractivity contribution in [3.05, 3.63) is 81.5 Å². The molecule has 1 heterocycles. The van der Waals surface area contributed by atoms with E-state index in [4.69, 9.17) is 4.42 Å². The normalized spacial score (nSPS) is 10.8. The van der Waals surface area contributed by atoms with Gasteiger partial charge in [-0.2, -0.15) is 0 Å². The molecule has 4 nitrogen and oxygen atoms in total. The van der Waals surface area contributed by atoms with Crippen molar-refractivity contribution < 1.29 is 13.6 Å². The van der Waals surface area contributed by atoms with Crippen LogP contribution < -0.4 is 10.9 Å². The number of carbonyl (C=O) groups excluding carboxylic acids is 1. The van der Waals surface area contributed by atoms with Crippen LogP contribution in [0, 0.1) is 12.7 Å². The molecule has 24 heavy (non-hydrogen) atoms. The van der Waals surface area contributed by atoms with Gasteiger partial charge in [-0.05, 0) is 42.7 Å². The van der Waals surface area contributed by atoms with Gasteiger partial charge in [-0.1, -0.05) is 30.3 Å². The van der Waals surface area contributed by atoms with Crippen LogP contribution in [0.3, 0.4) is 0 Å². The Morgan fingerprint density at radius 3 is 2.75 bits per heavy atom. The first-order valence-electron chi connectivity index (χ1n) is 7.61. The van der Waals surface area contributed by atoms with E-state index in [-0.39, 0.29) is 11.4 Å². The SMILES string of the molecule is Cc1cc(CCNC(=O)c2cc3ccccc3oc2=O)ccc1F. The third kappa shape index (κ3) is 3.35. The van der Waals surface area contributed by atoms with Gasteiger partial charge in [0.05, 0.1) is 0 Å². The number of benzene rings is 2. The number of halogens is 1. The lowest BCUT2D eigenvalue weighted by molar-refractivity contribution is 0.0950.